The third kappa shape index (κ3) is 3.49. The summed E-state index contributed by atoms with van der Waals surface area (Å²) in [6.45, 7) is 1.21. The Morgan fingerprint density at radius 2 is 2.04 bits per heavy atom. The standard InChI is InChI=1S/C17H17ClN2O4S/c1-24-17(21)14-9-12(25(19,22)23)5-6-16(14)20-8-7-13-11(10-20)3-2-4-15(13)18/h2-6,9H,7-8,10H2,1H3,(H2,19,22,23). The summed E-state index contributed by atoms with van der Waals surface area (Å²) in [6.07, 6.45) is 0.729. The smallest absolute Gasteiger partial charge is 0.340 e. The maximum absolute atomic E-state index is 12.2. The first-order valence-electron chi connectivity index (χ1n) is 7.57. The highest BCUT2D eigenvalue weighted by Crippen LogP contribution is 2.32. The predicted molar refractivity (Wildman–Crippen MR) is 95.4 cm³/mol. The molecule has 0 saturated carbocycles. The third-order valence-electron chi connectivity index (χ3n) is 4.25. The van der Waals surface area contributed by atoms with Gasteiger partial charge in [-0.05, 0) is 41.8 Å². The predicted octanol–water partition coefficient (Wildman–Crippen LogP) is 2.34. The number of methoxy groups -OCH3 is 1. The summed E-state index contributed by atoms with van der Waals surface area (Å²) < 4.78 is 28.0. The minimum absolute atomic E-state index is 0.128. The van der Waals surface area contributed by atoms with Crippen LogP contribution in [0.1, 0.15) is 21.5 Å². The molecule has 8 heteroatoms. The first-order chi connectivity index (χ1) is 11.8. The summed E-state index contributed by atoms with van der Waals surface area (Å²) >= 11 is 6.24. The topological polar surface area (TPSA) is 89.7 Å². The maximum atomic E-state index is 12.2. The van der Waals surface area contributed by atoms with E-state index in [1.165, 1.54) is 19.2 Å². The van der Waals surface area contributed by atoms with Crippen LogP contribution in [0.5, 0.6) is 0 Å². The van der Waals surface area contributed by atoms with E-state index in [4.69, 9.17) is 21.5 Å². The van der Waals surface area contributed by atoms with E-state index in [1.807, 2.05) is 23.1 Å². The lowest BCUT2D eigenvalue weighted by Gasteiger charge is -2.32. The molecule has 0 saturated heterocycles. The van der Waals surface area contributed by atoms with Gasteiger partial charge in [-0.25, -0.2) is 18.4 Å². The second-order valence-corrected chi connectivity index (χ2v) is 7.73. The first-order valence-corrected chi connectivity index (χ1v) is 9.50. The lowest BCUT2D eigenvalue weighted by Crippen LogP contribution is -2.32. The average molecular weight is 381 g/mol. The molecule has 0 spiro atoms. The lowest BCUT2D eigenvalue weighted by atomic mass is 9.98. The molecule has 1 heterocycles. The number of hydrogen-bond acceptors (Lipinski definition) is 5. The zero-order valence-corrected chi connectivity index (χ0v) is 15.1. The van der Waals surface area contributed by atoms with E-state index in [0.717, 1.165) is 22.6 Å². The molecular weight excluding hydrogens is 364 g/mol. The molecule has 132 valence electrons. The molecule has 25 heavy (non-hydrogen) atoms. The molecule has 2 aromatic rings. The average Bonchev–Trinajstić information content (AvgIpc) is 2.59. The number of fused-ring (bicyclic) bond motifs is 1. The number of ether oxygens (including phenoxy) is 1. The van der Waals surface area contributed by atoms with Crippen LogP contribution in [-0.4, -0.2) is 28.0 Å². The second-order valence-electron chi connectivity index (χ2n) is 5.76. The molecule has 0 amide bonds. The number of halogens is 1. The Morgan fingerprint density at radius 3 is 2.72 bits per heavy atom. The van der Waals surface area contributed by atoms with Crippen molar-refractivity contribution in [1.82, 2.24) is 0 Å². The van der Waals surface area contributed by atoms with E-state index in [9.17, 15) is 13.2 Å². The maximum Gasteiger partial charge on any atom is 0.340 e. The van der Waals surface area contributed by atoms with E-state index in [2.05, 4.69) is 0 Å². The summed E-state index contributed by atoms with van der Waals surface area (Å²) in [5.41, 5.74) is 2.94. The number of carbonyl (C=O) groups is 1. The van der Waals surface area contributed by atoms with Gasteiger partial charge in [0.2, 0.25) is 10.0 Å². The summed E-state index contributed by atoms with van der Waals surface area (Å²) in [5, 5.41) is 5.90. The molecule has 0 aromatic heterocycles. The number of nitrogens with zero attached hydrogens (tertiary/aromatic N) is 1. The van der Waals surface area contributed by atoms with Crippen LogP contribution in [0.2, 0.25) is 5.02 Å². The fourth-order valence-electron chi connectivity index (χ4n) is 3.01. The zero-order chi connectivity index (χ0) is 18.2. The van der Waals surface area contributed by atoms with E-state index in [1.54, 1.807) is 6.07 Å². The zero-order valence-electron chi connectivity index (χ0n) is 13.5. The molecule has 2 N–H and O–H groups in total. The monoisotopic (exact) mass is 380 g/mol. The van der Waals surface area contributed by atoms with Crippen molar-refractivity contribution in [2.45, 2.75) is 17.9 Å². The second kappa shape index (κ2) is 6.67. The van der Waals surface area contributed by atoms with E-state index in [0.29, 0.717) is 18.8 Å². The Balaban J connectivity index is 2.04. The Bertz CT molecular complexity index is 944. The number of anilines is 1. The molecule has 0 bridgehead atoms. The van der Waals surface area contributed by atoms with Gasteiger partial charge in [-0.3, -0.25) is 0 Å². The first kappa shape index (κ1) is 17.7. The fraction of sp³-hybridized carbons (Fsp3) is 0.235. The highest BCUT2D eigenvalue weighted by molar-refractivity contribution is 7.89. The summed E-state index contributed by atoms with van der Waals surface area (Å²) in [6, 6.07) is 9.97. The molecule has 0 aliphatic carbocycles. The Kier molecular flexibility index (Phi) is 4.73. The van der Waals surface area contributed by atoms with Crippen LogP contribution in [0.4, 0.5) is 5.69 Å². The van der Waals surface area contributed by atoms with Crippen LogP contribution >= 0.6 is 11.6 Å². The molecule has 0 atom stereocenters. The van der Waals surface area contributed by atoms with Crippen molar-refractivity contribution >= 4 is 33.3 Å². The van der Waals surface area contributed by atoms with Gasteiger partial charge < -0.3 is 9.64 Å². The highest BCUT2D eigenvalue weighted by Gasteiger charge is 2.24. The highest BCUT2D eigenvalue weighted by atomic mass is 35.5. The van der Waals surface area contributed by atoms with Gasteiger partial charge in [0.1, 0.15) is 0 Å². The van der Waals surface area contributed by atoms with Gasteiger partial charge in [0.25, 0.3) is 0 Å². The minimum atomic E-state index is -3.91. The van der Waals surface area contributed by atoms with Crippen LogP contribution in [-0.2, 0) is 27.7 Å². The van der Waals surface area contributed by atoms with Crippen LogP contribution in [0.3, 0.4) is 0 Å². The van der Waals surface area contributed by atoms with Crippen molar-refractivity contribution in [2.75, 3.05) is 18.6 Å². The molecule has 3 rings (SSSR count). The van der Waals surface area contributed by atoms with Crippen LogP contribution < -0.4 is 10.0 Å². The fourth-order valence-corrected chi connectivity index (χ4v) is 3.84. The van der Waals surface area contributed by atoms with Gasteiger partial charge in [0, 0.05) is 18.1 Å². The van der Waals surface area contributed by atoms with Crippen molar-refractivity contribution in [2.24, 2.45) is 5.14 Å². The number of esters is 1. The number of hydrogen-bond donors (Lipinski definition) is 1. The van der Waals surface area contributed by atoms with Crippen LogP contribution in [0.15, 0.2) is 41.3 Å². The van der Waals surface area contributed by atoms with Crippen molar-refractivity contribution in [3.05, 3.63) is 58.1 Å². The normalized spacial score (nSPS) is 14.1. The van der Waals surface area contributed by atoms with Gasteiger partial charge in [-0.1, -0.05) is 23.7 Å². The van der Waals surface area contributed by atoms with Crippen molar-refractivity contribution in [3.8, 4) is 0 Å². The molecule has 0 radical (unpaired) electrons. The van der Waals surface area contributed by atoms with Gasteiger partial charge in [-0.2, -0.15) is 0 Å². The molecule has 2 aromatic carbocycles. The van der Waals surface area contributed by atoms with Gasteiger partial charge in [0.15, 0.2) is 0 Å². The Morgan fingerprint density at radius 1 is 1.28 bits per heavy atom. The van der Waals surface area contributed by atoms with Gasteiger partial charge in [-0.15, -0.1) is 0 Å². The number of nitrogens with two attached hydrogens (primary N) is 1. The minimum Gasteiger partial charge on any atom is -0.465 e. The molecule has 1 aliphatic heterocycles. The van der Waals surface area contributed by atoms with Gasteiger partial charge in [0.05, 0.1) is 23.3 Å². The quantitative estimate of drug-likeness (QED) is 0.825. The SMILES string of the molecule is COC(=O)c1cc(S(N)(=O)=O)ccc1N1CCc2c(Cl)cccc2C1. The molecule has 1 aliphatic rings. The van der Waals surface area contributed by atoms with Crippen molar-refractivity contribution < 1.29 is 17.9 Å². The molecule has 6 nitrogen and oxygen atoms in total. The number of sulfonamides is 1. The number of benzene rings is 2. The van der Waals surface area contributed by atoms with E-state index >= 15 is 0 Å². The number of rotatable bonds is 3. The van der Waals surface area contributed by atoms with Gasteiger partial charge >= 0.3 is 5.97 Å². The summed E-state index contributed by atoms with van der Waals surface area (Å²) in [7, 11) is -2.66. The van der Waals surface area contributed by atoms with E-state index in [-0.39, 0.29) is 10.5 Å². The van der Waals surface area contributed by atoms with Crippen molar-refractivity contribution in [1.29, 1.82) is 0 Å². The van der Waals surface area contributed by atoms with Crippen LogP contribution in [0, 0.1) is 0 Å². The Hall–Kier alpha value is -2.09. The number of primary sulfonamides is 1. The number of carbonyl (C=O) groups excluding carboxylic acids is 1. The Labute approximate surface area is 151 Å². The molecule has 0 fully saturated rings. The molecule has 0 unspecified atom stereocenters. The lowest BCUT2D eigenvalue weighted by molar-refractivity contribution is 0.0601. The van der Waals surface area contributed by atoms with Crippen LogP contribution in [0.25, 0.3) is 0 Å². The largest absolute Gasteiger partial charge is 0.465 e. The molecular formula is C17H17ClN2O4S. The third-order valence-corrected chi connectivity index (χ3v) is 5.52. The summed E-state index contributed by atoms with van der Waals surface area (Å²) in [5.74, 6) is -0.614. The van der Waals surface area contributed by atoms with E-state index < -0.39 is 16.0 Å². The summed E-state index contributed by atoms with van der Waals surface area (Å²) in [4.78, 5) is 14.0. The van der Waals surface area contributed by atoms with Crippen molar-refractivity contribution in [3.63, 3.8) is 0 Å².